The van der Waals surface area contributed by atoms with Crippen LogP contribution in [0.5, 0.6) is 0 Å². The Morgan fingerprint density at radius 1 is 0.917 bits per heavy atom. The van der Waals surface area contributed by atoms with Crippen LogP contribution < -0.4 is 15.5 Å². The molecule has 4 rings (SSSR count). The van der Waals surface area contributed by atoms with Crippen LogP contribution in [0, 0.1) is 11.6 Å². The number of nitrogens with one attached hydrogen (secondary N) is 2. The number of halogens is 2. The lowest BCUT2D eigenvalue weighted by Gasteiger charge is -2.31. The molecule has 0 aliphatic carbocycles. The SMILES string of the molecule is O=C(N[C@H](Cc1ccccc1)C(=O)Nc1cc(F)ccc1N1CCS(=O)(=O)CC1)c1ccccc1F. The quantitative estimate of drug-likeness (QED) is 0.506. The van der Waals surface area contributed by atoms with Crippen LogP contribution in [0.3, 0.4) is 0 Å². The number of nitrogens with zero attached hydrogens (tertiary/aromatic N) is 1. The Hall–Kier alpha value is -3.79. The van der Waals surface area contributed by atoms with E-state index in [1.165, 1.54) is 30.3 Å². The Morgan fingerprint density at radius 3 is 2.28 bits per heavy atom. The Kier molecular flexibility index (Phi) is 7.64. The third-order valence-corrected chi connectivity index (χ3v) is 7.53. The normalized spacial score (nSPS) is 15.7. The molecule has 7 nitrogen and oxygen atoms in total. The van der Waals surface area contributed by atoms with Crippen molar-refractivity contribution in [3.05, 3.63) is 95.6 Å². The molecule has 0 saturated carbocycles. The molecule has 0 radical (unpaired) electrons. The van der Waals surface area contributed by atoms with Crippen molar-refractivity contribution >= 4 is 33.0 Å². The van der Waals surface area contributed by atoms with Gasteiger partial charge in [-0.05, 0) is 35.9 Å². The number of benzene rings is 3. The smallest absolute Gasteiger partial charge is 0.254 e. The summed E-state index contributed by atoms with van der Waals surface area (Å²) in [4.78, 5) is 27.9. The van der Waals surface area contributed by atoms with Crippen molar-refractivity contribution in [1.82, 2.24) is 5.32 Å². The predicted octanol–water partition coefficient (Wildman–Crippen LogP) is 3.18. The molecular weight excluding hydrogens is 488 g/mol. The standard InChI is InChI=1S/C26H25F2N3O4S/c27-19-10-11-24(31-12-14-36(34,35)15-13-31)22(17-19)29-26(33)23(16-18-6-2-1-3-7-18)30-25(32)20-8-4-5-9-21(20)28/h1-11,17,23H,12-16H2,(H,29,33)(H,30,32)/t23-/m1/s1. The van der Waals surface area contributed by atoms with E-state index in [0.29, 0.717) is 5.69 Å². The largest absolute Gasteiger partial charge is 0.368 e. The number of hydrogen-bond donors (Lipinski definition) is 2. The van der Waals surface area contributed by atoms with Gasteiger partial charge in [0.25, 0.3) is 5.91 Å². The summed E-state index contributed by atoms with van der Waals surface area (Å²) in [5.74, 6) is -2.79. The second-order valence-corrected chi connectivity index (χ2v) is 10.8. The van der Waals surface area contributed by atoms with Gasteiger partial charge in [-0.3, -0.25) is 9.59 Å². The summed E-state index contributed by atoms with van der Waals surface area (Å²) in [6, 6.07) is 17.2. The molecule has 1 saturated heterocycles. The van der Waals surface area contributed by atoms with E-state index in [1.54, 1.807) is 29.2 Å². The summed E-state index contributed by atoms with van der Waals surface area (Å²) in [6.45, 7) is 0.405. The molecule has 10 heteroatoms. The third-order valence-electron chi connectivity index (χ3n) is 5.92. The molecule has 0 bridgehead atoms. The summed E-state index contributed by atoms with van der Waals surface area (Å²) in [5, 5.41) is 5.27. The van der Waals surface area contributed by atoms with Crippen molar-refractivity contribution in [2.75, 3.05) is 34.8 Å². The van der Waals surface area contributed by atoms with Gasteiger partial charge >= 0.3 is 0 Å². The summed E-state index contributed by atoms with van der Waals surface area (Å²) in [6.07, 6.45) is 0.111. The first-order valence-corrected chi connectivity index (χ1v) is 13.2. The summed E-state index contributed by atoms with van der Waals surface area (Å²) in [7, 11) is -3.14. The maximum absolute atomic E-state index is 14.2. The minimum absolute atomic E-state index is 0.0485. The molecule has 1 aliphatic heterocycles. The van der Waals surface area contributed by atoms with Crippen molar-refractivity contribution in [3.63, 3.8) is 0 Å². The molecule has 36 heavy (non-hydrogen) atoms. The van der Waals surface area contributed by atoms with Gasteiger partial charge in [-0.2, -0.15) is 0 Å². The fraction of sp³-hybridized carbons (Fsp3) is 0.231. The van der Waals surface area contributed by atoms with Crippen LogP contribution in [-0.2, 0) is 21.1 Å². The molecule has 1 fully saturated rings. The van der Waals surface area contributed by atoms with Crippen molar-refractivity contribution in [2.24, 2.45) is 0 Å². The number of rotatable bonds is 7. The fourth-order valence-corrected chi connectivity index (χ4v) is 5.20. The van der Waals surface area contributed by atoms with Crippen molar-refractivity contribution < 1.29 is 26.8 Å². The number of amides is 2. The first kappa shape index (κ1) is 25.3. The van der Waals surface area contributed by atoms with Crippen molar-refractivity contribution in [2.45, 2.75) is 12.5 Å². The molecule has 3 aromatic rings. The van der Waals surface area contributed by atoms with Gasteiger partial charge in [-0.25, -0.2) is 17.2 Å². The molecule has 1 heterocycles. The summed E-state index contributed by atoms with van der Waals surface area (Å²) >= 11 is 0. The summed E-state index contributed by atoms with van der Waals surface area (Å²) < 4.78 is 52.0. The maximum Gasteiger partial charge on any atom is 0.254 e. The lowest BCUT2D eigenvalue weighted by molar-refractivity contribution is -0.118. The van der Waals surface area contributed by atoms with E-state index in [0.717, 1.165) is 17.7 Å². The highest BCUT2D eigenvalue weighted by Gasteiger charge is 2.27. The Labute approximate surface area is 208 Å². The first-order valence-electron chi connectivity index (χ1n) is 11.4. The number of carbonyl (C=O) groups excluding carboxylic acids is 2. The highest BCUT2D eigenvalue weighted by Crippen LogP contribution is 2.28. The van der Waals surface area contributed by atoms with Crippen LogP contribution in [0.25, 0.3) is 0 Å². The molecule has 0 aromatic heterocycles. The zero-order chi connectivity index (χ0) is 25.7. The van der Waals surface area contributed by atoms with E-state index < -0.39 is 39.3 Å². The van der Waals surface area contributed by atoms with Crippen LogP contribution in [0.4, 0.5) is 20.2 Å². The predicted molar refractivity (Wildman–Crippen MR) is 134 cm³/mol. The van der Waals surface area contributed by atoms with Crippen LogP contribution >= 0.6 is 0 Å². The molecule has 188 valence electrons. The van der Waals surface area contributed by atoms with Gasteiger partial charge in [0, 0.05) is 19.5 Å². The second kappa shape index (κ2) is 10.9. The van der Waals surface area contributed by atoms with Gasteiger partial charge in [0.15, 0.2) is 9.84 Å². The van der Waals surface area contributed by atoms with E-state index in [1.807, 2.05) is 6.07 Å². The van der Waals surface area contributed by atoms with Gasteiger partial charge in [0.1, 0.15) is 17.7 Å². The van der Waals surface area contributed by atoms with Gasteiger partial charge in [-0.1, -0.05) is 42.5 Å². The second-order valence-electron chi connectivity index (χ2n) is 8.49. The van der Waals surface area contributed by atoms with Gasteiger partial charge < -0.3 is 15.5 Å². The van der Waals surface area contributed by atoms with Crippen LogP contribution in [0.15, 0.2) is 72.8 Å². The maximum atomic E-state index is 14.2. The molecular formula is C26H25F2N3O4S. The molecule has 0 spiro atoms. The minimum atomic E-state index is -3.14. The van der Waals surface area contributed by atoms with Crippen molar-refractivity contribution in [1.29, 1.82) is 0 Å². The first-order chi connectivity index (χ1) is 17.2. The topological polar surface area (TPSA) is 95.6 Å². The Bertz CT molecular complexity index is 1350. The van der Waals surface area contributed by atoms with E-state index in [2.05, 4.69) is 10.6 Å². The van der Waals surface area contributed by atoms with Gasteiger partial charge in [-0.15, -0.1) is 0 Å². The Morgan fingerprint density at radius 2 is 1.58 bits per heavy atom. The molecule has 2 N–H and O–H groups in total. The fourth-order valence-electron chi connectivity index (χ4n) is 4.00. The van der Waals surface area contributed by atoms with E-state index >= 15 is 0 Å². The zero-order valence-corrected chi connectivity index (χ0v) is 20.1. The lowest BCUT2D eigenvalue weighted by atomic mass is 10.0. The van der Waals surface area contributed by atoms with E-state index in [4.69, 9.17) is 0 Å². The number of hydrogen-bond acceptors (Lipinski definition) is 5. The average molecular weight is 514 g/mol. The number of anilines is 2. The molecule has 2 amide bonds. The summed E-state index contributed by atoms with van der Waals surface area (Å²) in [5.41, 5.74) is 1.17. The van der Waals surface area contributed by atoms with Crippen LogP contribution in [0.1, 0.15) is 15.9 Å². The van der Waals surface area contributed by atoms with Gasteiger partial charge in [0.05, 0.1) is 28.4 Å². The highest BCUT2D eigenvalue weighted by atomic mass is 32.2. The zero-order valence-electron chi connectivity index (χ0n) is 19.3. The van der Waals surface area contributed by atoms with Gasteiger partial charge in [0.2, 0.25) is 5.91 Å². The number of carbonyl (C=O) groups is 2. The van der Waals surface area contributed by atoms with Crippen LogP contribution in [-0.4, -0.2) is 50.9 Å². The van der Waals surface area contributed by atoms with E-state index in [9.17, 15) is 26.8 Å². The molecule has 1 aliphatic rings. The lowest BCUT2D eigenvalue weighted by Crippen LogP contribution is -2.46. The van der Waals surface area contributed by atoms with Crippen molar-refractivity contribution in [3.8, 4) is 0 Å². The molecule has 1 atom stereocenters. The molecule has 0 unspecified atom stereocenters. The minimum Gasteiger partial charge on any atom is -0.368 e. The molecule has 3 aromatic carbocycles. The monoisotopic (exact) mass is 513 g/mol. The number of sulfone groups is 1. The average Bonchev–Trinajstić information content (AvgIpc) is 2.85. The highest BCUT2D eigenvalue weighted by molar-refractivity contribution is 7.91. The Balaban J connectivity index is 1.59. The van der Waals surface area contributed by atoms with Crippen LogP contribution in [0.2, 0.25) is 0 Å². The third kappa shape index (κ3) is 6.25. The van der Waals surface area contributed by atoms with E-state index in [-0.39, 0.29) is 42.3 Å².